The van der Waals surface area contributed by atoms with E-state index in [4.69, 9.17) is 7.48 Å². The van der Waals surface area contributed by atoms with Crippen LogP contribution in [-0.4, -0.2) is 32.2 Å². The summed E-state index contributed by atoms with van der Waals surface area (Å²) in [5, 5.41) is 2.62. The van der Waals surface area contributed by atoms with Crippen LogP contribution in [0.2, 0.25) is 0 Å². The van der Waals surface area contributed by atoms with Crippen LogP contribution in [0, 0.1) is 0 Å². The molecule has 1 unspecified atom stereocenters. The highest BCUT2D eigenvalue weighted by molar-refractivity contribution is 7.92. The maximum atomic E-state index is 13.0. The Kier molecular flexibility index (Phi) is 7.08. The lowest BCUT2D eigenvalue weighted by Crippen LogP contribution is -2.23. The molecule has 0 saturated heterocycles. The monoisotopic (exact) mass is 509 g/mol. The molecule has 10 heteroatoms. The van der Waals surface area contributed by atoms with E-state index in [-0.39, 0.29) is 41.6 Å². The number of anilines is 1. The minimum absolute atomic E-state index is 0.0505. The molecule has 35 heavy (non-hydrogen) atoms. The van der Waals surface area contributed by atoms with Crippen molar-refractivity contribution < 1.29 is 38.7 Å². The molecule has 0 aliphatic heterocycles. The van der Waals surface area contributed by atoms with Gasteiger partial charge in [0.05, 0.1) is 22.8 Å². The molecule has 3 rings (SSSR count). The van der Waals surface area contributed by atoms with E-state index in [1.54, 1.807) is 24.3 Å². The molecule has 3 aromatic rings. The molecule has 1 amide bonds. The van der Waals surface area contributed by atoms with Crippen molar-refractivity contribution in [3.05, 3.63) is 89.5 Å². The average molecular weight is 510 g/mol. The zero-order chi connectivity index (χ0) is 27.2. The van der Waals surface area contributed by atoms with Gasteiger partial charge in [-0.25, -0.2) is 8.42 Å². The smallest absolute Gasteiger partial charge is 0.493 e. The molecule has 1 N–H and O–H groups in total. The molecule has 3 aromatic carbocycles. The van der Waals surface area contributed by atoms with Crippen LogP contribution in [0.25, 0.3) is 0 Å². The van der Waals surface area contributed by atoms with Gasteiger partial charge >= 0.3 is 5.51 Å². The van der Waals surface area contributed by atoms with Crippen molar-refractivity contribution in [3.63, 3.8) is 0 Å². The molecule has 0 bridgehead atoms. The number of alkyl halides is 3. The molecule has 0 saturated carbocycles. The highest BCUT2D eigenvalue weighted by Crippen LogP contribution is 2.31. The Hall–Kier alpha value is -3.66. The highest BCUT2D eigenvalue weighted by atomic mass is 32.2. The van der Waals surface area contributed by atoms with E-state index < -0.39 is 44.7 Å². The zero-order valence-electron chi connectivity index (χ0n) is 20.2. The van der Waals surface area contributed by atoms with Crippen molar-refractivity contribution in [2.75, 3.05) is 11.9 Å². The molecule has 184 valence electrons. The molecule has 0 heterocycles. The number of halogens is 3. The number of ketones is 1. The Labute approximate surface area is 203 Å². The Morgan fingerprint density at radius 3 is 2.40 bits per heavy atom. The molecule has 0 spiro atoms. The average Bonchev–Trinajstić information content (AvgIpc) is 2.87. The van der Waals surface area contributed by atoms with Crippen LogP contribution < -0.4 is 10.1 Å². The van der Waals surface area contributed by atoms with Gasteiger partial charge in [0.1, 0.15) is 5.75 Å². The number of hydrogen-bond acceptors (Lipinski definition) is 5. The first kappa shape index (κ1) is 23.1. The number of rotatable bonds is 9. The molecule has 0 aliphatic carbocycles. The summed E-state index contributed by atoms with van der Waals surface area (Å²) in [5.41, 5.74) is -5.09. The van der Waals surface area contributed by atoms with Gasteiger partial charge in [0, 0.05) is 14.7 Å². The van der Waals surface area contributed by atoms with Gasteiger partial charge in [-0.15, -0.1) is 0 Å². The van der Waals surface area contributed by atoms with E-state index in [9.17, 15) is 31.2 Å². The van der Waals surface area contributed by atoms with Crippen LogP contribution in [0.5, 0.6) is 5.75 Å². The summed E-state index contributed by atoms with van der Waals surface area (Å²) in [6.07, 6.45) is -1.20. The Morgan fingerprint density at radius 1 is 1.00 bits per heavy atom. The van der Waals surface area contributed by atoms with Crippen molar-refractivity contribution in [3.8, 4) is 5.75 Å². The Balaban J connectivity index is 1.82. The summed E-state index contributed by atoms with van der Waals surface area (Å²) < 4.78 is 82.5. The summed E-state index contributed by atoms with van der Waals surface area (Å²) in [7, 11) is -5.57. The minimum atomic E-state index is -5.57. The number of nitrogens with one attached hydrogen (secondary N) is 1. The van der Waals surface area contributed by atoms with E-state index in [0.717, 1.165) is 18.2 Å². The van der Waals surface area contributed by atoms with Gasteiger partial charge in [-0.2, -0.15) is 13.2 Å². The van der Waals surface area contributed by atoms with E-state index in [1.165, 1.54) is 30.3 Å². The number of para-hydroxylation sites is 2. The van der Waals surface area contributed by atoms with Crippen LogP contribution in [0.15, 0.2) is 77.7 Å². The predicted molar refractivity (Wildman–Crippen MR) is 124 cm³/mol. The fourth-order valence-corrected chi connectivity index (χ4v) is 4.02. The summed E-state index contributed by atoms with van der Waals surface area (Å²) in [5.74, 6) is -0.979. The van der Waals surface area contributed by atoms with Crippen LogP contribution in [0.4, 0.5) is 18.9 Å². The number of carbonyl (C=O) groups is 2. The second-order valence-electron chi connectivity index (χ2n) is 7.29. The summed E-state index contributed by atoms with van der Waals surface area (Å²) >= 11 is 0. The summed E-state index contributed by atoms with van der Waals surface area (Å²) in [6.45, 7) is -0.263. The van der Waals surface area contributed by atoms with Crippen molar-refractivity contribution in [2.24, 2.45) is 0 Å². The first-order chi connectivity index (χ1) is 17.4. The van der Waals surface area contributed by atoms with Crippen LogP contribution in [-0.2, 0) is 16.3 Å². The van der Waals surface area contributed by atoms with Gasteiger partial charge in [0.15, 0.2) is 5.78 Å². The van der Waals surface area contributed by atoms with Crippen molar-refractivity contribution in [1.29, 1.82) is 0 Å². The SMILES string of the molecule is [3H]CC([3H])COc1ccccc1C(=O)Nc1ccccc1C(=O)Cc1cccc(S(=O)(=O)C(F)(F)F)c1. The number of sulfone groups is 1. The topological polar surface area (TPSA) is 89.5 Å². The fraction of sp³-hybridized carbons (Fsp3) is 0.200. The van der Waals surface area contributed by atoms with Crippen LogP contribution in [0.1, 0.15) is 42.3 Å². The molecule has 0 aliphatic rings. The first-order valence-corrected chi connectivity index (χ1v) is 11.7. The number of benzene rings is 3. The van der Waals surface area contributed by atoms with Gasteiger partial charge in [0.25, 0.3) is 15.7 Å². The van der Waals surface area contributed by atoms with Gasteiger partial charge in [0.2, 0.25) is 0 Å². The number of hydrogen-bond donors (Lipinski definition) is 1. The molecular weight excluding hydrogens is 483 g/mol. The van der Waals surface area contributed by atoms with Gasteiger partial charge in [-0.3, -0.25) is 9.59 Å². The number of carbonyl (C=O) groups excluding carboxylic acids is 2. The standard InChI is InChI=1S/C25H22F3NO5S/c1-2-14-34-23-13-6-4-11-20(23)24(31)29-21-12-5-3-10-19(21)22(30)16-17-8-7-9-18(15-17)35(32,33)25(26,27)28/h3-13,15H,2,14,16H2,1H3,(H,29,31)/i1T,2T. The number of Topliss-reactive ketones (excluding diaryl/α,β-unsaturated/α-hetero) is 1. The fourth-order valence-electron chi connectivity index (χ4n) is 3.19. The van der Waals surface area contributed by atoms with Crippen molar-refractivity contribution >= 4 is 27.2 Å². The maximum absolute atomic E-state index is 13.0. The largest absolute Gasteiger partial charge is 0.501 e. The first-order valence-electron chi connectivity index (χ1n) is 11.5. The lowest BCUT2D eigenvalue weighted by atomic mass is 10.0. The molecule has 0 fully saturated rings. The minimum Gasteiger partial charge on any atom is -0.493 e. The molecule has 1 atom stereocenters. The summed E-state index contributed by atoms with van der Waals surface area (Å²) in [6, 6.07) is 16.3. The third-order valence-corrected chi connectivity index (χ3v) is 6.33. The number of amides is 1. The maximum Gasteiger partial charge on any atom is 0.501 e. The third kappa shape index (κ3) is 6.07. The lowest BCUT2D eigenvalue weighted by Gasteiger charge is -2.13. The van der Waals surface area contributed by atoms with Crippen molar-refractivity contribution in [1.82, 2.24) is 0 Å². The molecule has 6 nitrogen and oxygen atoms in total. The van der Waals surface area contributed by atoms with Crippen molar-refractivity contribution in [2.45, 2.75) is 30.1 Å². The van der Waals surface area contributed by atoms with Gasteiger partial charge in [-0.05, 0) is 48.4 Å². The van der Waals surface area contributed by atoms with E-state index >= 15 is 0 Å². The quantitative estimate of drug-likeness (QED) is 0.388. The third-order valence-electron chi connectivity index (χ3n) is 4.84. The Bertz CT molecular complexity index is 1400. The zero-order valence-corrected chi connectivity index (χ0v) is 19.0. The molecule has 0 aromatic heterocycles. The predicted octanol–water partition coefficient (Wildman–Crippen LogP) is 5.45. The van der Waals surface area contributed by atoms with Crippen LogP contribution >= 0.6 is 0 Å². The van der Waals surface area contributed by atoms with E-state index in [0.29, 0.717) is 0 Å². The van der Waals surface area contributed by atoms with Gasteiger partial charge < -0.3 is 10.1 Å². The van der Waals surface area contributed by atoms with E-state index in [1.807, 2.05) is 0 Å². The highest BCUT2D eigenvalue weighted by Gasteiger charge is 2.46. The molecular formula is C25H22F3NO5S. The Morgan fingerprint density at radius 2 is 1.69 bits per heavy atom. The second kappa shape index (κ2) is 10.7. The van der Waals surface area contributed by atoms with Crippen LogP contribution in [0.3, 0.4) is 0 Å². The van der Waals surface area contributed by atoms with Gasteiger partial charge in [-0.1, -0.05) is 43.3 Å². The second-order valence-corrected chi connectivity index (χ2v) is 9.23. The van der Waals surface area contributed by atoms with E-state index in [2.05, 4.69) is 5.32 Å². The summed E-state index contributed by atoms with van der Waals surface area (Å²) in [4.78, 5) is 25.0. The lowest BCUT2D eigenvalue weighted by molar-refractivity contribution is -0.0436. The number of ether oxygens (including phenoxy) is 1. The normalized spacial score (nSPS) is 13.3. The molecule has 0 radical (unpaired) electrons.